The largest absolute Gasteiger partial charge is 0.357 e. The quantitative estimate of drug-likeness (QED) is 0.660. The van der Waals surface area contributed by atoms with E-state index in [1.807, 2.05) is 47.5 Å². The summed E-state index contributed by atoms with van der Waals surface area (Å²) in [4.78, 5) is 0. The smallest absolute Gasteiger partial charge is 0.190 e. The van der Waals surface area contributed by atoms with Crippen LogP contribution in [0.25, 0.3) is 0 Å². The molecule has 0 radical (unpaired) electrons. The Labute approximate surface area is 165 Å². The zero-order valence-electron chi connectivity index (χ0n) is 15.0. The van der Waals surface area contributed by atoms with Crippen LogP contribution in [0.3, 0.4) is 0 Å². The Morgan fingerprint density at radius 3 is 2.15 bits per heavy atom. The van der Waals surface area contributed by atoms with Crippen LogP contribution in [0, 0.1) is 0 Å². The SMILES string of the molecule is S=C(NCc1ccccc1)N1N=C(c2ccccc2)C[C@@H]1c1ccccc1. The molecule has 0 unspecified atom stereocenters. The lowest BCUT2D eigenvalue weighted by atomic mass is 9.99. The molecule has 0 bridgehead atoms. The van der Waals surface area contributed by atoms with E-state index < -0.39 is 0 Å². The number of hydrogen-bond donors (Lipinski definition) is 1. The lowest BCUT2D eigenvalue weighted by molar-refractivity contribution is 0.364. The predicted octanol–water partition coefficient (Wildman–Crippen LogP) is 4.91. The van der Waals surface area contributed by atoms with Gasteiger partial charge in [0.2, 0.25) is 0 Å². The van der Waals surface area contributed by atoms with Gasteiger partial charge in [0.05, 0.1) is 11.8 Å². The minimum atomic E-state index is 0.108. The van der Waals surface area contributed by atoms with Crippen molar-refractivity contribution in [3.8, 4) is 0 Å². The highest BCUT2D eigenvalue weighted by atomic mass is 32.1. The molecular formula is C23H21N3S. The molecule has 3 aromatic rings. The highest BCUT2D eigenvalue weighted by Gasteiger charge is 2.31. The molecule has 0 amide bonds. The zero-order valence-corrected chi connectivity index (χ0v) is 15.8. The lowest BCUT2D eigenvalue weighted by Crippen LogP contribution is -2.36. The normalized spacial score (nSPS) is 16.1. The molecule has 0 aliphatic carbocycles. The van der Waals surface area contributed by atoms with Gasteiger partial charge in [-0.25, -0.2) is 5.01 Å². The number of benzene rings is 3. The molecule has 1 heterocycles. The van der Waals surface area contributed by atoms with Gasteiger partial charge in [-0.3, -0.25) is 0 Å². The van der Waals surface area contributed by atoms with E-state index in [9.17, 15) is 0 Å². The van der Waals surface area contributed by atoms with Gasteiger partial charge in [-0.05, 0) is 28.9 Å². The van der Waals surface area contributed by atoms with Crippen LogP contribution in [0.2, 0.25) is 0 Å². The fourth-order valence-electron chi connectivity index (χ4n) is 3.29. The number of nitrogens with zero attached hydrogens (tertiary/aromatic N) is 2. The predicted molar refractivity (Wildman–Crippen MR) is 114 cm³/mol. The minimum absolute atomic E-state index is 0.108. The summed E-state index contributed by atoms with van der Waals surface area (Å²) in [6.45, 7) is 0.688. The van der Waals surface area contributed by atoms with Gasteiger partial charge in [-0.15, -0.1) is 0 Å². The molecule has 0 saturated carbocycles. The summed E-state index contributed by atoms with van der Waals surface area (Å²) < 4.78 is 0. The number of hydrazone groups is 1. The van der Waals surface area contributed by atoms with Crippen molar-refractivity contribution in [3.05, 3.63) is 108 Å². The summed E-state index contributed by atoms with van der Waals surface area (Å²) >= 11 is 5.70. The third-order valence-electron chi connectivity index (χ3n) is 4.70. The Hall–Kier alpha value is -2.98. The van der Waals surface area contributed by atoms with Crippen LogP contribution in [0.4, 0.5) is 0 Å². The topological polar surface area (TPSA) is 27.6 Å². The molecule has 4 rings (SSSR count). The van der Waals surface area contributed by atoms with Crippen molar-refractivity contribution in [1.82, 2.24) is 10.3 Å². The van der Waals surface area contributed by atoms with Crippen LogP contribution in [0.1, 0.15) is 29.2 Å². The molecule has 3 nitrogen and oxygen atoms in total. The summed E-state index contributed by atoms with van der Waals surface area (Å²) in [6, 6.07) is 31.1. The highest BCUT2D eigenvalue weighted by molar-refractivity contribution is 7.80. The highest BCUT2D eigenvalue weighted by Crippen LogP contribution is 2.32. The number of rotatable bonds is 4. The van der Waals surface area contributed by atoms with Gasteiger partial charge in [-0.1, -0.05) is 91.0 Å². The standard InChI is InChI=1S/C23H21N3S/c27-23(24-17-18-10-4-1-5-11-18)26-22(20-14-8-3-9-15-20)16-21(25-26)19-12-6-2-7-13-19/h1-15,22H,16-17H2,(H,24,27)/t22-/m1/s1. The molecule has 1 atom stereocenters. The second-order valence-corrected chi connectivity index (χ2v) is 6.92. The molecule has 0 fully saturated rings. The summed E-state index contributed by atoms with van der Waals surface area (Å²) in [5, 5.41) is 10.8. The maximum absolute atomic E-state index is 5.70. The van der Waals surface area contributed by atoms with Crippen LogP contribution in [0.15, 0.2) is 96.1 Å². The van der Waals surface area contributed by atoms with Crippen LogP contribution in [-0.2, 0) is 6.54 Å². The summed E-state index contributed by atoms with van der Waals surface area (Å²) in [5.74, 6) is 0. The number of nitrogens with one attached hydrogen (secondary N) is 1. The van der Waals surface area contributed by atoms with Gasteiger partial charge in [0.15, 0.2) is 5.11 Å². The molecule has 0 saturated heterocycles. The minimum Gasteiger partial charge on any atom is -0.357 e. The number of thiocarbonyl (C=S) groups is 1. The third kappa shape index (κ3) is 4.07. The van der Waals surface area contributed by atoms with Crippen molar-refractivity contribution in [2.24, 2.45) is 5.10 Å². The molecular weight excluding hydrogens is 350 g/mol. The van der Waals surface area contributed by atoms with E-state index in [4.69, 9.17) is 17.3 Å². The first-order chi connectivity index (χ1) is 13.3. The fraction of sp³-hybridized carbons (Fsp3) is 0.130. The van der Waals surface area contributed by atoms with Gasteiger partial charge >= 0.3 is 0 Å². The maximum atomic E-state index is 5.70. The van der Waals surface area contributed by atoms with E-state index in [1.54, 1.807) is 0 Å². The average molecular weight is 372 g/mol. The molecule has 0 spiro atoms. The van der Waals surface area contributed by atoms with E-state index in [2.05, 4.69) is 53.8 Å². The van der Waals surface area contributed by atoms with Gasteiger partial charge in [-0.2, -0.15) is 5.10 Å². The summed E-state index contributed by atoms with van der Waals surface area (Å²) in [7, 11) is 0. The van der Waals surface area contributed by atoms with Crippen molar-refractivity contribution in [2.45, 2.75) is 19.0 Å². The maximum Gasteiger partial charge on any atom is 0.190 e. The fourth-order valence-corrected chi connectivity index (χ4v) is 3.53. The lowest BCUT2D eigenvalue weighted by Gasteiger charge is -2.25. The molecule has 27 heavy (non-hydrogen) atoms. The van der Waals surface area contributed by atoms with E-state index in [-0.39, 0.29) is 6.04 Å². The average Bonchev–Trinajstić information content (AvgIpc) is 3.20. The number of hydrogen-bond acceptors (Lipinski definition) is 2. The second-order valence-electron chi connectivity index (χ2n) is 6.53. The van der Waals surface area contributed by atoms with Gasteiger partial charge in [0.25, 0.3) is 0 Å². The third-order valence-corrected chi connectivity index (χ3v) is 5.03. The Bertz CT molecular complexity index is 924. The van der Waals surface area contributed by atoms with Crippen molar-refractivity contribution in [2.75, 3.05) is 0 Å². The molecule has 134 valence electrons. The first kappa shape index (κ1) is 17.4. The summed E-state index contributed by atoms with van der Waals surface area (Å²) in [6.07, 6.45) is 0.835. The van der Waals surface area contributed by atoms with Crippen molar-refractivity contribution in [1.29, 1.82) is 0 Å². The second kappa shape index (κ2) is 8.14. The Balaban J connectivity index is 1.57. The van der Waals surface area contributed by atoms with Crippen LogP contribution >= 0.6 is 12.2 Å². The molecule has 0 aromatic heterocycles. The van der Waals surface area contributed by atoms with Gasteiger partial charge in [0.1, 0.15) is 0 Å². The molecule has 3 aromatic carbocycles. The Morgan fingerprint density at radius 2 is 1.48 bits per heavy atom. The zero-order chi connectivity index (χ0) is 18.5. The van der Waals surface area contributed by atoms with Gasteiger partial charge in [0, 0.05) is 13.0 Å². The van der Waals surface area contributed by atoms with Crippen molar-refractivity contribution < 1.29 is 0 Å². The van der Waals surface area contributed by atoms with Crippen LogP contribution in [0.5, 0.6) is 0 Å². The van der Waals surface area contributed by atoms with E-state index in [1.165, 1.54) is 11.1 Å². The molecule has 4 heteroatoms. The van der Waals surface area contributed by atoms with E-state index in [0.717, 1.165) is 17.7 Å². The van der Waals surface area contributed by atoms with Crippen molar-refractivity contribution in [3.63, 3.8) is 0 Å². The van der Waals surface area contributed by atoms with E-state index >= 15 is 0 Å². The monoisotopic (exact) mass is 371 g/mol. The van der Waals surface area contributed by atoms with E-state index in [0.29, 0.717) is 11.7 Å². The Kier molecular flexibility index (Phi) is 5.26. The van der Waals surface area contributed by atoms with Crippen molar-refractivity contribution >= 4 is 23.0 Å². The summed E-state index contributed by atoms with van der Waals surface area (Å²) in [5.41, 5.74) is 4.62. The van der Waals surface area contributed by atoms with Crippen LogP contribution < -0.4 is 5.32 Å². The molecule has 1 N–H and O–H groups in total. The molecule has 1 aliphatic rings. The first-order valence-corrected chi connectivity index (χ1v) is 9.51. The van der Waals surface area contributed by atoms with Crippen LogP contribution in [-0.4, -0.2) is 15.8 Å². The Morgan fingerprint density at radius 1 is 0.889 bits per heavy atom. The first-order valence-electron chi connectivity index (χ1n) is 9.10. The van der Waals surface area contributed by atoms with Gasteiger partial charge < -0.3 is 5.32 Å². The molecule has 1 aliphatic heterocycles.